The fourth-order valence-electron chi connectivity index (χ4n) is 2.81. The second kappa shape index (κ2) is 6.91. The van der Waals surface area contributed by atoms with Crippen LogP contribution in [0.5, 0.6) is 0 Å². The number of hydrogen-bond donors (Lipinski definition) is 0. The van der Waals surface area contributed by atoms with Crippen LogP contribution in [0.15, 0.2) is 35.3 Å². The molecule has 1 aliphatic rings. The molecule has 0 saturated carbocycles. The number of morpholine rings is 1. The molecule has 2 aromatic rings. The molecule has 0 amide bonds. The van der Waals surface area contributed by atoms with Crippen molar-refractivity contribution in [3.8, 4) is 0 Å². The maximum atomic E-state index is 5.92. The summed E-state index contributed by atoms with van der Waals surface area (Å²) in [5.41, 5.74) is 0. The summed E-state index contributed by atoms with van der Waals surface area (Å²) >= 11 is 0. The van der Waals surface area contributed by atoms with E-state index in [1.54, 1.807) is 0 Å². The standard InChI is InChI=1S/C16H23N3O2/c1-2-14-4-5-16(21-14)15-12-20-11-10-19(15)8-3-7-18-9-6-17-13-18/h4-6,9,13,15H,2-3,7-8,10-12H2,1H3/t15-/m1/s1. The average molecular weight is 289 g/mol. The zero-order valence-electron chi connectivity index (χ0n) is 12.6. The summed E-state index contributed by atoms with van der Waals surface area (Å²) in [7, 11) is 0. The summed E-state index contributed by atoms with van der Waals surface area (Å²) in [4.78, 5) is 6.55. The number of ether oxygens (including phenoxy) is 1. The molecule has 0 N–H and O–H groups in total. The van der Waals surface area contributed by atoms with E-state index in [1.165, 1.54) is 0 Å². The second-order valence-electron chi connectivity index (χ2n) is 5.44. The normalized spacial score (nSPS) is 20.0. The topological polar surface area (TPSA) is 43.4 Å². The van der Waals surface area contributed by atoms with Gasteiger partial charge < -0.3 is 13.7 Å². The highest BCUT2D eigenvalue weighted by Gasteiger charge is 2.26. The molecular formula is C16H23N3O2. The van der Waals surface area contributed by atoms with E-state index in [-0.39, 0.29) is 6.04 Å². The largest absolute Gasteiger partial charge is 0.464 e. The van der Waals surface area contributed by atoms with Gasteiger partial charge in [-0.05, 0) is 18.6 Å². The first-order valence-electron chi connectivity index (χ1n) is 7.73. The van der Waals surface area contributed by atoms with Crippen LogP contribution in [0.3, 0.4) is 0 Å². The zero-order chi connectivity index (χ0) is 14.5. The second-order valence-corrected chi connectivity index (χ2v) is 5.44. The molecule has 1 saturated heterocycles. The monoisotopic (exact) mass is 289 g/mol. The summed E-state index contributed by atoms with van der Waals surface area (Å²) < 4.78 is 13.7. The Morgan fingerprint density at radius 1 is 1.33 bits per heavy atom. The Labute approximate surface area is 125 Å². The van der Waals surface area contributed by atoms with E-state index in [1.807, 2.05) is 18.7 Å². The number of furan rings is 1. The third kappa shape index (κ3) is 3.54. The van der Waals surface area contributed by atoms with Gasteiger partial charge in [0.15, 0.2) is 0 Å². The van der Waals surface area contributed by atoms with Crippen molar-refractivity contribution in [2.45, 2.75) is 32.4 Å². The van der Waals surface area contributed by atoms with Crippen LogP contribution >= 0.6 is 0 Å². The van der Waals surface area contributed by atoms with E-state index < -0.39 is 0 Å². The molecule has 0 radical (unpaired) electrons. The van der Waals surface area contributed by atoms with E-state index in [0.29, 0.717) is 0 Å². The van der Waals surface area contributed by atoms with Gasteiger partial charge in [0.05, 0.1) is 25.6 Å². The Hall–Kier alpha value is -1.59. The van der Waals surface area contributed by atoms with Crippen LogP contribution in [0.1, 0.15) is 30.9 Å². The van der Waals surface area contributed by atoms with Crippen molar-refractivity contribution in [2.75, 3.05) is 26.3 Å². The molecule has 1 fully saturated rings. The molecule has 0 unspecified atom stereocenters. The number of imidazole rings is 1. The number of rotatable bonds is 6. The first kappa shape index (κ1) is 14.4. The molecule has 1 aliphatic heterocycles. The molecule has 21 heavy (non-hydrogen) atoms. The van der Waals surface area contributed by atoms with Crippen molar-refractivity contribution in [3.05, 3.63) is 42.4 Å². The molecule has 0 spiro atoms. The minimum atomic E-state index is 0.252. The van der Waals surface area contributed by atoms with Crippen molar-refractivity contribution in [1.82, 2.24) is 14.5 Å². The van der Waals surface area contributed by atoms with E-state index >= 15 is 0 Å². The lowest BCUT2D eigenvalue weighted by molar-refractivity contribution is -0.0172. The summed E-state index contributed by atoms with van der Waals surface area (Å²) in [6.45, 7) is 6.67. The van der Waals surface area contributed by atoms with Gasteiger partial charge in [0.2, 0.25) is 0 Å². The van der Waals surface area contributed by atoms with Crippen LogP contribution in [0.2, 0.25) is 0 Å². The molecule has 3 rings (SSSR count). The first-order valence-corrected chi connectivity index (χ1v) is 7.73. The maximum absolute atomic E-state index is 5.92. The Bertz CT molecular complexity index is 535. The van der Waals surface area contributed by atoms with Crippen molar-refractivity contribution < 1.29 is 9.15 Å². The van der Waals surface area contributed by atoms with Crippen molar-refractivity contribution in [3.63, 3.8) is 0 Å². The van der Waals surface area contributed by atoms with Gasteiger partial charge in [-0.1, -0.05) is 6.92 Å². The molecule has 5 nitrogen and oxygen atoms in total. The van der Waals surface area contributed by atoms with Crippen molar-refractivity contribution in [2.24, 2.45) is 0 Å². The molecule has 1 atom stereocenters. The van der Waals surface area contributed by atoms with Crippen LogP contribution in [-0.2, 0) is 17.7 Å². The minimum Gasteiger partial charge on any atom is -0.464 e. The molecule has 3 heterocycles. The molecule has 0 aromatic carbocycles. The van der Waals surface area contributed by atoms with E-state index in [9.17, 15) is 0 Å². The summed E-state index contributed by atoms with van der Waals surface area (Å²) in [5, 5.41) is 0. The van der Waals surface area contributed by atoms with E-state index in [0.717, 1.165) is 57.2 Å². The highest BCUT2D eigenvalue weighted by Crippen LogP contribution is 2.26. The van der Waals surface area contributed by atoms with Gasteiger partial charge in [0.1, 0.15) is 11.5 Å². The fraction of sp³-hybridized carbons (Fsp3) is 0.562. The highest BCUT2D eigenvalue weighted by molar-refractivity contribution is 5.11. The van der Waals surface area contributed by atoms with Gasteiger partial charge in [-0.3, -0.25) is 4.90 Å². The van der Waals surface area contributed by atoms with Gasteiger partial charge in [0, 0.05) is 38.4 Å². The summed E-state index contributed by atoms with van der Waals surface area (Å²) in [6, 6.07) is 4.43. The third-order valence-corrected chi connectivity index (χ3v) is 4.02. The smallest absolute Gasteiger partial charge is 0.123 e. The van der Waals surface area contributed by atoms with Crippen LogP contribution < -0.4 is 0 Å². The zero-order valence-corrected chi connectivity index (χ0v) is 12.6. The molecule has 0 aliphatic carbocycles. The minimum absolute atomic E-state index is 0.252. The Kier molecular flexibility index (Phi) is 4.72. The Morgan fingerprint density at radius 3 is 3.05 bits per heavy atom. The van der Waals surface area contributed by atoms with Gasteiger partial charge >= 0.3 is 0 Å². The number of hydrogen-bond acceptors (Lipinski definition) is 4. The van der Waals surface area contributed by atoms with Crippen LogP contribution in [-0.4, -0.2) is 40.8 Å². The molecule has 0 bridgehead atoms. The first-order chi connectivity index (χ1) is 10.4. The number of nitrogens with zero attached hydrogens (tertiary/aromatic N) is 3. The predicted octanol–water partition coefficient (Wildman–Crippen LogP) is 2.50. The third-order valence-electron chi connectivity index (χ3n) is 4.02. The van der Waals surface area contributed by atoms with Gasteiger partial charge in [0.25, 0.3) is 0 Å². The highest BCUT2D eigenvalue weighted by atomic mass is 16.5. The van der Waals surface area contributed by atoms with Gasteiger partial charge in [-0.2, -0.15) is 0 Å². The van der Waals surface area contributed by atoms with Crippen LogP contribution in [0, 0.1) is 0 Å². The quantitative estimate of drug-likeness (QED) is 0.819. The summed E-state index contributed by atoms with van der Waals surface area (Å²) in [5.74, 6) is 2.09. The molecular weight excluding hydrogens is 266 g/mol. The van der Waals surface area contributed by atoms with Crippen molar-refractivity contribution >= 4 is 0 Å². The Balaban J connectivity index is 1.58. The van der Waals surface area contributed by atoms with E-state index in [4.69, 9.17) is 9.15 Å². The number of aromatic nitrogens is 2. The van der Waals surface area contributed by atoms with Crippen molar-refractivity contribution in [1.29, 1.82) is 0 Å². The van der Waals surface area contributed by atoms with Crippen LogP contribution in [0.25, 0.3) is 0 Å². The Morgan fingerprint density at radius 2 is 2.29 bits per heavy atom. The lowest BCUT2D eigenvalue weighted by Gasteiger charge is -2.34. The lowest BCUT2D eigenvalue weighted by Crippen LogP contribution is -2.40. The fourth-order valence-corrected chi connectivity index (χ4v) is 2.81. The maximum Gasteiger partial charge on any atom is 0.123 e. The lowest BCUT2D eigenvalue weighted by atomic mass is 10.1. The van der Waals surface area contributed by atoms with Gasteiger partial charge in [-0.15, -0.1) is 0 Å². The average Bonchev–Trinajstić information content (AvgIpc) is 3.19. The molecule has 5 heteroatoms. The van der Waals surface area contributed by atoms with Gasteiger partial charge in [-0.25, -0.2) is 4.98 Å². The molecule has 114 valence electrons. The van der Waals surface area contributed by atoms with E-state index in [2.05, 4.69) is 33.5 Å². The molecule has 2 aromatic heterocycles. The number of aryl methyl sites for hydroxylation is 2. The SMILES string of the molecule is CCc1ccc([C@H]2COCCN2CCCn2ccnc2)o1. The summed E-state index contributed by atoms with van der Waals surface area (Å²) in [6.07, 6.45) is 7.75. The van der Waals surface area contributed by atoms with Crippen LogP contribution in [0.4, 0.5) is 0 Å². The predicted molar refractivity (Wildman–Crippen MR) is 80.1 cm³/mol.